The van der Waals surface area contributed by atoms with E-state index >= 15 is 0 Å². The highest BCUT2D eigenvalue weighted by Crippen LogP contribution is 2.20. The Morgan fingerprint density at radius 1 is 1.38 bits per heavy atom. The lowest BCUT2D eigenvalue weighted by Crippen LogP contribution is -2.19. The molecular formula is C15H15BrN2O3. The van der Waals surface area contributed by atoms with Gasteiger partial charge in [-0.1, -0.05) is 15.9 Å². The second kappa shape index (κ2) is 6.22. The number of hydrogen-bond acceptors (Lipinski definition) is 4. The summed E-state index contributed by atoms with van der Waals surface area (Å²) in [6, 6.07) is 5.25. The summed E-state index contributed by atoms with van der Waals surface area (Å²) in [5.41, 5.74) is 2.18. The molecule has 110 valence electrons. The van der Waals surface area contributed by atoms with Crippen LogP contribution in [0.5, 0.6) is 0 Å². The lowest BCUT2D eigenvalue weighted by Gasteiger charge is -2.10. The average Bonchev–Trinajstić information content (AvgIpc) is 2.42. The molecule has 1 aromatic carbocycles. The number of aromatic amines is 1. The molecule has 0 radical (unpaired) electrons. The topological polar surface area (TPSA) is 72.0 Å². The fourth-order valence-electron chi connectivity index (χ4n) is 2.17. The monoisotopic (exact) mass is 350 g/mol. The second-order valence-corrected chi connectivity index (χ2v) is 5.60. The van der Waals surface area contributed by atoms with Gasteiger partial charge < -0.3 is 9.72 Å². The van der Waals surface area contributed by atoms with Gasteiger partial charge in [0.2, 0.25) is 0 Å². The van der Waals surface area contributed by atoms with E-state index in [0.29, 0.717) is 29.1 Å². The van der Waals surface area contributed by atoms with Gasteiger partial charge in [0, 0.05) is 22.2 Å². The van der Waals surface area contributed by atoms with Gasteiger partial charge in [-0.3, -0.25) is 4.79 Å². The lowest BCUT2D eigenvalue weighted by atomic mass is 9.99. The zero-order chi connectivity index (χ0) is 15.6. The van der Waals surface area contributed by atoms with Crippen LogP contribution in [0.15, 0.2) is 27.5 Å². The maximum Gasteiger partial charge on any atom is 0.338 e. The molecule has 2 aromatic rings. The van der Waals surface area contributed by atoms with E-state index in [-0.39, 0.29) is 5.56 Å². The van der Waals surface area contributed by atoms with E-state index in [0.717, 1.165) is 10.0 Å². The van der Waals surface area contributed by atoms with Gasteiger partial charge >= 0.3 is 5.97 Å². The lowest BCUT2D eigenvalue weighted by molar-refractivity contribution is 0.0599. The van der Waals surface area contributed by atoms with Crippen LogP contribution in [-0.2, 0) is 11.2 Å². The molecule has 0 unspecified atom stereocenters. The quantitative estimate of drug-likeness (QED) is 0.863. The average molecular weight is 351 g/mol. The van der Waals surface area contributed by atoms with Crippen LogP contribution in [0.25, 0.3) is 0 Å². The number of methoxy groups -OCH3 is 1. The molecule has 0 saturated heterocycles. The zero-order valence-corrected chi connectivity index (χ0v) is 13.6. The van der Waals surface area contributed by atoms with Crippen LogP contribution in [0.3, 0.4) is 0 Å². The van der Waals surface area contributed by atoms with Crippen molar-refractivity contribution < 1.29 is 9.53 Å². The molecule has 0 spiro atoms. The molecule has 2 rings (SSSR count). The minimum Gasteiger partial charge on any atom is -0.465 e. The smallest absolute Gasteiger partial charge is 0.338 e. The first kappa shape index (κ1) is 15.4. The number of hydrogen-bond donors (Lipinski definition) is 1. The Hall–Kier alpha value is -1.95. The molecule has 6 heteroatoms. The van der Waals surface area contributed by atoms with Gasteiger partial charge in [0.25, 0.3) is 5.56 Å². The number of halogens is 1. The molecule has 0 fully saturated rings. The number of nitrogens with one attached hydrogen (secondary N) is 1. The fraction of sp³-hybridized carbons (Fsp3) is 0.267. The predicted octanol–water partition coefficient (Wildman–Crippen LogP) is 2.53. The Bertz CT molecular complexity index is 753. The molecule has 21 heavy (non-hydrogen) atoms. The van der Waals surface area contributed by atoms with Gasteiger partial charge in [-0.05, 0) is 37.6 Å². The van der Waals surface area contributed by atoms with Crippen LogP contribution >= 0.6 is 15.9 Å². The number of aryl methyl sites for hydroxylation is 2. The standard InChI is InChI=1S/C15H15BrN2O3/c1-8-13(14(19)18-9(2)17-8)7-10-6-11(16)4-5-12(10)15(20)21-3/h4-6H,7H2,1-3H3,(H,17,18,19). The SMILES string of the molecule is COC(=O)c1ccc(Br)cc1Cc1c(C)nc(C)[nH]c1=O. The molecule has 0 aliphatic rings. The van der Waals surface area contributed by atoms with Crippen molar-refractivity contribution in [1.82, 2.24) is 9.97 Å². The van der Waals surface area contributed by atoms with Gasteiger partial charge in [0.1, 0.15) is 5.82 Å². The third-order valence-electron chi connectivity index (χ3n) is 3.18. The summed E-state index contributed by atoms with van der Waals surface area (Å²) in [6.07, 6.45) is 0.318. The van der Waals surface area contributed by atoms with Crippen LogP contribution in [0, 0.1) is 13.8 Å². The number of H-pyrrole nitrogens is 1. The van der Waals surface area contributed by atoms with Crippen molar-refractivity contribution in [3.05, 3.63) is 61.2 Å². The highest BCUT2D eigenvalue weighted by atomic mass is 79.9. The Morgan fingerprint density at radius 2 is 2.10 bits per heavy atom. The summed E-state index contributed by atoms with van der Waals surface area (Å²) < 4.78 is 5.61. The highest BCUT2D eigenvalue weighted by molar-refractivity contribution is 9.10. The number of aromatic nitrogens is 2. The van der Waals surface area contributed by atoms with E-state index in [1.165, 1.54) is 7.11 Å². The number of benzene rings is 1. The molecule has 0 bridgehead atoms. The molecule has 0 saturated carbocycles. The molecule has 1 aromatic heterocycles. The van der Waals surface area contributed by atoms with Crippen molar-refractivity contribution in [1.29, 1.82) is 0 Å². The summed E-state index contributed by atoms with van der Waals surface area (Å²) in [5.74, 6) is 0.148. The van der Waals surface area contributed by atoms with Gasteiger partial charge in [-0.15, -0.1) is 0 Å². The van der Waals surface area contributed by atoms with Crippen molar-refractivity contribution >= 4 is 21.9 Å². The first-order valence-corrected chi connectivity index (χ1v) is 7.14. The van der Waals surface area contributed by atoms with Gasteiger partial charge in [-0.25, -0.2) is 9.78 Å². The van der Waals surface area contributed by atoms with Crippen molar-refractivity contribution in [2.24, 2.45) is 0 Å². The zero-order valence-electron chi connectivity index (χ0n) is 12.0. The minimum absolute atomic E-state index is 0.184. The third-order valence-corrected chi connectivity index (χ3v) is 3.67. The summed E-state index contributed by atoms with van der Waals surface area (Å²) >= 11 is 3.38. The normalized spacial score (nSPS) is 10.5. The van der Waals surface area contributed by atoms with Crippen LogP contribution in [-0.4, -0.2) is 23.0 Å². The van der Waals surface area contributed by atoms with Crippen molar-refractivity contribution in [2.45, 2.75) is 20.3 Å². The maximum absolute atomic E-state index is 12.1. The summed E-state index contributed by atoms with van der Waals surface area (Å²) in [5, 5.41) is 0. The number of carbonyl (C=O) groups excluding carboxylic acids is 1. The molecular weight excluding hydrogens is 336 g/mol. The van der Waals surface area contributed by atoms with E-state index in [9.17, 15) is 9.59 Å². The van der Waals surface area contributed by atoms with Crippen molar-refractivity contribution in [3.63, 3.8) is 0 Å². The number of nitrogens with zero attached hydrogens (tertiary/aromatic N) is 1. The van der Waals surface area contributed by atoms with Gasteiger partial charge in [0.15, 0.2) is 0 Å². The summed E-state index contributed by atoms with van der Waals surface area (Å²) in [7, 11) is 1.33. The van der Waals surface area contributed by atoms with E-state index in [4.69, 9.17) is 4.74 Å². The molecule has 0 aliphatic carbocycles. The Morgan fingerprint density at radius 3 is 2.71 bits per heavy atom. The van der Waals surface area contributed by atoms with E-state index in [1.807, 2.05) is 6.07 Å². The first-order valence-electron chi connectivity index (χ1n) is 6.35. The molecule has 1 N–H and O–H groups in total. The van der Waals surface area contributed by atoms with Crippen LogP contribution in [0.4, 0.5) is 0 Å². The number of carbonyl (C=O) groups is 1. The van der Waals surface area contributed by atoms with Gasteiger partial charge in [0.05, 0.1) is 12.7 Å². The maximum atomic E-state index is 12.1. The van der Waals surface area contributed by atoms with Crippen molar-refractivity contribution in [2.75, 3.05) is 7.11 Å². The second-order valence-electron chi connectivity index (χ2n) is 4.69. The molecule has 0 atom stereocenters. The summed E-state index contributed by atoms with van der Waals surface area (Å²) in [4.78, 5) is 30.8. The van der Waals surface area contributed by atoms with E-state index in [1.54, 1.807) is 26.0 Å². The molecule has 1 heterocycles. The minimum atomic E-state index is -0.424. The summed E-state index contributed by atoms with van der Waals surface area (Å²) in [6.45, 7) is 3.52. The number of ether oxygens (including phenoxy) is 1. The Labute approximate surface area is 130 Å². The fourth-order valence-corrected chi connectivity index (χ4v) is 2.58. The van der Waals surface area contributed by atoms with E-state index < -0.39 is 5.97 Å². The Balaban J connectivity index is 2.51. The van der Waals surface area contributed by atoms with Crippen molar-refractivity contribution in [3.8, 4) is 0 Å². The van der Waals surface area contributed by atoms with E-state index in [2.05, 4.69) is 25.9 Å². The van der Waals surface area contributed by atoms with Crippen LogP contribution in [0.1, 0.15) is 33.0 Å². The molecule has 0 amide bonds. The highest BCUT2D eigenvalue weighted by Gasteiger charge is 2.15. The van der Waals surface area contributed by atoms with Crippen LogP contribution in [0.2, 0.25) is 0 Å². The molecule has 0 aliphatic heterocycles. The Kier molecular flexibility index (Phi) is 4.57. The van der Waals surface area contributed by atoms with Crippen LogP contribution < -0.4 is 5.56 Å². The number of rotatable bonds is 3. The number of esters is 1. The third kappa shape index (κ3) is 3.39. The predicted molar refractivity (Wildman–Crippen MR) is 82.6 cm³/mol. The molecule has 5 nitrogen and oxygen atoms in total. The largest absolute Gasteiger partial charge is 0.465 e. The first-order chi connectivity index (χ1) is 9.92. The van der Waals surface area contributed by atoms with Gasteiger partial charge in [-0.2, -0.15) is 0 Å².